The third-order valence-corrected chi connectivity index (χ3v) is 6.01. The molecule has 0 bridgehead atoms. The van der Waals surface area contributed by atoms with Gasteiger partial charge in [0.05, 0.1) is 31.6 Å². The Balaban J connectivity index is 1.64. The van der Waals surface area contributed by atoms with Crippen LogP contribution in [0.25, 0.3) is 0 Å². The summed E-state index contributed by atoms with van der Waals surface area (Å²) in [5.41, 5.74) is 2.70. The largest absolute Gasteiger partial charge is 0.493 e. The van der Waals surface area contributed by atoms with Gasteiger partial charge in [-0.1, -0.05) is 42.1 Å². The molecule has 0 aliphatic carbocycles. The first-order valence-corrected chi connectivity index (χ1v) is 10.1. The highest BCUT2D eigenvalue weighted by Crippen LogP contribution is 2.47. The fourth-order valence-corrected chi connectivity index (χ4v) is 4.44. The average Bonchev–Trinajstić information content (AvgIpc) is 2.76. The minimum atomic E-state index is -0.212. The molecule has 0 fully saturated rings. The summed E-state index contributed by atoms with van der Waals surface area (Å²) in [6, 6.07) is 21.2. The van der Waals surface area contributed by atoms with E-state index in [0.29, 0.717) is 11.5 Å². The summed E-state index contributed by atoms with van der Waals surface area (Å²) in [6.45, 7) is 1.95. The van der Waals surface area contributed by atoms with E-state index in [-0.39, 0.29) is 12.1 Å². The normalized spacial score (nSPS) is 13.1. The Morgan fingerprint density at radius 3 is 2.07 bits per heavy atom. The van der Waals surface area contributed by atoms with Crippen molar-refractivity contribution in [1.29, 1.82) is 0 Å². The van der Waals surface area contributed by atoms with E-state index in [1.807, 2.05) is 73.7 Å². The molecule has 0 saturated carbocycles. The maximum Gasteiger partial charge on any atom is 0.327 e. The van der Waals surface area contributed by atoms with Crippen LogP contribution >= 0.6 is 11.8 Å². The van der Waals surface area contributed by atoms with Crippen molar-refractivity contribution >= 4 is 29.2 Å². The number of nitrogens with one attached hydrogen (secondary N) is 1. The average molecular weight is 407 g/mol. The summed E-state index contributed by atoms with van der Waals surface area (Å²) in [7, 11) is 3.20. The van der Waals surface area contributed by atoms with Crippen LogP contribution in [-0.2, 0) is 0 Å². The first-order chi connectivity index (χ1) is 14.1. The van der Waals surface area contributed by atoms with Crippen molar-refractivity contribution < 1.29 is 14.3 Å². The van der Waals surface area contributed by atoms with Crippen molar-refractivity contribution in [3.63, 3.8) is 0 Å². The Labute approximate surface area is 174 Å². The van der Waals surface area contributed by atoms with E-state index in [9.17, 15) is 4.79 Å². The summed E-state index contributed by atoms with van der Waals surface area (Å²) >= 11 is 1.68. The first kappa shape index (κ1) is 19.2. The zero-order valence-electron chi connectivity index (χ0n) is 16.5. The molecule has 6 heteroatoms. The zero-order valence-corrected chi connectivity index (χ0v) is 17.3. The van der Waals surface area contributed by atoms with E-state index >= 15 is 0 Å². The van der Waals surface area contributed by atoms with Crippen LogP contribution in [0.5, 0.6) is 11.5 Å². The van der Waals surface area contributed by atoms with Gasteiger partial charge in [0.1, 0.15) is 0 Å². The number of methoxy groups -OCH3 is 2. The van der Waals surface area contributed by atoms with Crippen molar-refractivity contribution in [2.45, 2.75) is 22.8 Å². The minimum absolute atomic E-state index is 0.174. The number of rotatable bonds is 4. The van der Waals surface area contributed by atoms with Crippen molar-refractivity contribution in [3.8, 4) is 11.5 Å². The number of fused-ring (bicyclic) bond motifs is 2. The van der Waals surface area contributed by atoms with Crippen molar-refractivity contribution in [2.24, 2.45) is 0 Å². The predicted molar refractivity (Wildman–Crippen MR) is 116 cm³/mol. The van der Waals surface area contributed by atoms with E-state index in [1.165, 1.54) is 0 Å². The molecule has 3 aromatic rings. The SMILES string of the molecule is COc1ccc(C(C)NC(=O)N2c3ccccc3Sc3ccccc32)cc1OC. The van der Waals surface area contributed by atoms with Gasteiger partial charge in [-0.25, -0.2) is 4.79 Å². The molecular weight excluding hydrogens is 384 g/mol. The second-order valence-corrected chi connectivity index (χ2v) is 7.74. The molecule has 148 valence electrons. The number of amides is 2. The standard InChI is InChI=1S/C23H22N2O3S/c1-15(16-12-13-19(27-2)20(14-16)28-3)24-23(26)25-17-8-4-6-10-21(17)29-22-11-7-5-9-18(22)25/h4-15H,1-3H3,(H,24,26). The summed E-state index contributed by atoms with van der Waals surface area (Å²) < 4.78 is 10.7. The van der Waals surface area contributed by atoms with E-state index in [0.717, 1.165) is 26.7 Å². The lowest BCUT2D eigenvalue weighted by Crippen LogP contribution is -2.39. The molecule has 1 unspecified atom stereocenters. The number of benzene rings is 3. The number of carbonyl (C=O) groups is 1. The lowest BCUT2D eigenvalue weighted by atomic mass is 10.1. The summed E-state index contributed by atoms with van der Waals surface area (Å²) in [4.78, 5) is 17.2. The van der Waals surface area contributed by atoms with Crippen LogP contribution in [-0.4, -0.2) is 20.3 Å². The van der Waals surface area contributed by atoms with E-state index < -0.39 is 0 Å². The molecule has 1 heterocycles. The monoisotopic (exact) mass is 406 g/mol. The molecular formula is C23H22N2O3S. The number of urea groups is 1. The molecule has 3 aromatic carbocycles. The highest BCUT2D eigenvalue weighted by Gasteiger charge is 2.28. The van der Waals surface area contributed by atoms with Gasteiger partial charge in [0.15, 0.2) is 11.5 Å². The third kappa shape index (κ3) is 3.63. The highest BCUT2D eigenvalue weighted by molar-refractivity contribution is 7.99. The number of nitrogens with zero attached hydrogens (tertiary/aromatic N) is 1. The molecule has 5 nitrogen and oxygen atoms in total. The van der Waals surface area contributed by atoms with Gasteiger partial charge in [0, 0.05) is 9.79 Å². The number of ether oxygens (including phenoxy) is 2. The Hall–Kier alpha value is -3.12. The smallest absolute Gasteiger partial charge is 0.327 e. The number of hydrogen-bond donors (Lipinski definition) is 1. The molecule has 0 spiro atoms. The molecule has 0 aromatic heterocycles. The van der Waals surface area contributed by atoms with Crippen LogP contribution in [0, 0.1) is 0 Å². The molecule has 4 rings (SSSR count). The number of carbonyl (C=O) groups excluding carboxylic acids is 1. The molecule has 1 atom stereocenters. The van der Waals surface area contributed by atoms with Crippen LogP contribution in [0.15, 0.2) is 76.5 Å². The second-order valence-electron chi connectivity index (χ2n) is 6.66. The third-order valence-electron chi connectivity index (χ3n) is 4.88. The van der Waals surface area contributed by atoms with E-state index in [1.54, 1.807) is 30.9 Å². The molecule has 0 radical (unpaired) electrons. The molecule has 1 aliphatic rings. The maximum atomic E-state index is 13.3. The van der Waals surface area contributed by atoms with Crippen molar-refractivity contribution in [2.75, 3.05) is 19.1 Å². The van der Waals surface area contributed by atoms with Crippen molar-refractivity contribution in [1.82, 2.24) is 5.32 Å². The summed E-state index contributed by atoms with van der Waals surface area (Å²) in [6.07, 6.45) is 0. The molecule has 29 heavy (non-hydrogen) atoms. The van der Waals surface area contributed by atoms with Gasteiger partial charge in [-0.3, -0.25) is 4.90 Å². The van der Waals surface area contributed by atoms with Gasteiger partial charge < -0.3 is 14.8 Å². The fourth-order valence-electron chi connectivity index (χ4n) is 3.38. The molecule has 0 saturated heterocycles. The van der Waals surface area contributed by atoms with Crippen LogP contribution in [0.1, 0.15) is 18.5 Å². The topological polar surface area (TPSA) is 50.8 Å². The Morgan fingerprint density at radius 2 is 1.48 bits per heavy atom. The first-order valence-electron chi connectivity index (χ1n) is 9.31. The highest BCUT2D eigenvalue weighted by atomic mass is 32.2. The van der Waals surface area contributed by atoms with E-state index in [2.05, 4.69) is 5.32 Å². The van der Waals surface area contributed by atoms with Crippen LogP contribution in [0.2, 0.25) is 0 Å². The summed E-state index contributed by atoms with van der Waals surface area (Å²) in [5, 5.41) is 3.12. The lowest BCUT2D eigenvalue weighted by Gasteiger charge is -2.32. The van der Waals surface area contributed by atoms with Gasteiger partial charge in [0.25, 0.3) is 0 Å². The minimum Gasteiger partial charge on any atom is -0.493 e. The number of para-hydroxylation sites is 2. The van der Waals surface area contributed by atoms with Crippen molar-refractivity contribution in [3.05, 3.63) is 72.3 Å². The van der Waals surface area contributed by atoms with Gasteiger partial charge in [-0.2, -0.15) is 0 Å². The maximum absolute atomic E-state index is 13.3. The molecule has 1 aliphatic heterocycles. The van der Waals surface area contributed by atoms with Gasteiger partial charge in [0.2, 0.25) is 0 Å². The lowest BCUT2D eigenvalue weighted by molar-refractivity contribution is 0.245. The fraction of sp³-hybridized carbons (Fsp3) is 0.174. The number of anilines is 2. The Bertz CT molecular complexity index is 1010. The van der Waals surface area contributed by atoms with E-state index in [4.69, 9.17) is 9.47 Å². The zero-order chi connectivity index (χ0) is 20.4. The summed E-state index contributed by atoms with van der Waals surface area (Å²) in [5.74, 6) is 1.29. The quantitative estimate of drug-likeness (QED) is 0.597. The Kier molecular flexibility index (Phi) is 5.36. The van der Waals surface area contributed by atoms with Gasteiger partial charge >= 0.3 is 6.03 Å². The van der Waals surface area contributed by atoms with Gasteiger partial charge in [-0.05, 0) is 48.9 Å². The second kappa shape index (κ2) is 8.09. The molecule has 1 N–H and O–H groups in total. The van der Waals surface area contributed by atoms with Crippen LogP contribution in [0.4, 0.5) is 16.2 Å². The van der Waals surface area contributed by atoms with Gasteiger partial charge in [-0.15, -0.1) is 0 Å². The molecule has 2 amide bonds. The Morgan fingerprint density at radius 1 is 0.897 bits per heavy atom. The number of hydrogen-bond acceptors (Lipinski definition) is 4. The predicted octanol–water partition coefficient (Wildman–Crippen LogP) is 5.78. The van der Waals surface area contributed by atoms with Crippen LogP contribution < -0.4 is 19.7 Å². The van der Waals surface area contributed by atoms with Crippen LogP contribution in [0.3, 0.4) is 0 Å².